The van der Waals surface area contributed by atoms with Gasteiger partial charge in [-0.2, -0.15) is 0 Å². The Balaban J connectivity index is 1.61. The highest BCUT2D eigenvalue weighted by Crippen LogP contribution is 2.38. The first-order valence-corrected chi connectivity index (χ1v) is 9.89. The van der Waals surface area contributed by atoms with Crippen molar-refractivity contribution in [1.82, 2.24) is 0 Å². The Bertz CT molecular complexity index is 1020. The molecule has 0 heterocycles. The van der Waals surface area contributed by atoms with Gasteiger partial charge in [0.05, 0.1) is 7.11 Å². The first-order valence-electron chi connectivity index (χ1n) is 9.89. The standard InChI is InChI=1S/C25H26O6/c1-25(2,22-6-4-5-21(23(22)26)24(27)28)17-7-9-19(10-8-17)30-15-16-31-20-13-11-18(29-3)12-14-20/h4-14,26H,15-16H2,1-3H3,(H,27,28). The van der Waals surface area contributed by atoms with Gasteiger partial charge in [-0.1, -0.05) is 38.1 Å². The Morgan fingerprint density at radius 1 is 0.839 bits per heavy atom. The second-order valence-electron chi connectivity index (χ2n) is 7.53. The summed E-state index contributed by atoms with van der Waals surface area (Å²) in [6.07, 6.45) is 0. The van der Waals surface area contributed by atoms with Crippen LogP contribution in [0.3, 0.4) is 0 Å². The van der Waals surface area contributed by atoms with Gasteiger partial charge in [0.2, 0.25) is 0 Å². The molecule has 3 aromatic rings. The van der Waals surface area contributed by atoms with Gasteiger partial charge < -0.3 is 24.4 Å². The molecule has 6 heteroatoms. The van der Waals surface area contributed by atoms with Crippen molar-refractivity contribution in [3.05, 3.63) is 83.4 Å². The Labute approximate surface area is 181 Å². The van der Waals surface area contributed by atoms with Crippen molar-refractivity contribution in [2.45, 2.75) is 19.3 Å². The molecule has 6 nitrogen and oxygen atoms in total. The van der Waals surface area contributed by atoms with Crippen LogP contribution in [-0.4, -0.2) is 36.5 Å². The maximum absolute atomic E-state index is 11.3. The maximum atomic E-state index is 11.3. The van der Waals surface area contributed by atoms with Gasteiger partial charge in [0, 0.05) is 11.0 Å². The Hall–Kier alpha value is -3.67. The molecule has 31 heavy (non-hydrogen) atoms. The number of hydrogen-bond donors (Lipinski definition) is 2. The number of aromatic hydroxyl groups is 1. The number of rotatable bonds is 9. The number of aromatic carboxylic acids is 1. The smallest absolute Gasteiger partial charge is 0.339 e. The first kappa shape index (κ1) is 22.0. The van der Waals surface area contributed by atoms with E-state index >= 15 is 0 Å². The summed E-state index contributed by atoms with van der Waals surface area (Å²) in [4.78, 5) is 11.3. The minimum absolute atomic E-state index is 0.109. The highest BCUT2D eigenvalue weighted by Gasteiger charge is 2.28. The van der Waals surface area contributed by atoms with Gasteiger partial charge in [0.1, 0.15) is 41.8 Å². The molecule has 0 saturated carbocycles. The first-order chi connectivity index (χ1) is 14.8. The Morgan fingerprint density at radius 3 is 1.87 bits per heavy atom. The third-order valence-electron chi connectivity index (χ3n) is 5.20. The topological polar surface area (TPSA) is 85.2 Å². The fraction of sp³-hybridized carbons (Fsp3) is 0.240. The van der Waals surface area contributed by atoms with E-state index in [2.05, 4.69) is 0 Å². The van der Waals surface area contributed by atoms with Gasteiger partial charge in [0.15, 0.2) is 0 Å². The van der Waals surface area contributed by atoms with Crippen molar-refractivity contribution in [3.8, 4) is 23.0 Å². The highest BCUT2D eigenvalue weighted by molar-refractivity contribution is 5.91. The van der Waals surface area contributed by atoms with Crippen LogP contribution >= 0.6 is 0 Å². The van der Waals surface area contributed by atoms with Crippen molar-refractivity contribution in [2.24, 2.45) is 0 Å². The van der Waals surface area contributed by atoms with E-state index < -0.39 is 11.4 Å². The molecule has 0 aliphatic rings. The van der Waals surface area contributed by atoms with Crippen molar-refractivity contribution < 1.29 is 29.2 Å². The zero-order valence-corrected chi connectivity index (χ0v) is 17.8. The van der Waals surface area contributed by atoms with Crippen LogP contribution in [-0.2, 0) is 5.41 Å². The average molecular weight is 422 g/mol. The van der Waals surface area contributed by atoms with E-state index in [1.54, 1.807) is 19.2 Å². The summed E-state index contributed by atoms with van der Waals surface area (Å²) in [5.74, 6) is 0.840. The van der Waals surface area contributed by atoms with E-state index in [1.165, 1.54) is 6.07 Å². The molecule has 162 valence electrons. The largest absolute Gasteiger partial charge is 0.507 e. The SMILES string of the molecule is COc1ccc(OCCOc2ccc(C(C)(C)c3cccc(C(=O)O)c3O)cc2)cc1. The number of benzene rings is 3. The Kier molecular flexibility index (Phi) is 6.70. The average Bonchev–Trinajstić information content (AvgIpc) is 2.77. The van der Waals surface area contributed by atoms with Crippen LogP contribution in [0, 0.1) is 0 Å². The molecule has 0 spiro atoms. The van der Waals surface area contributed by atoms with Crippen LogP contribution < -0.4 is 14.2 Å². The predicted molar refractivity (Wildman–Crippen MR) is 118 cm³/mol. The molecule has 0 aliphatic heterocycles. The Morgan fingerprint density at radius 2 is 1.35 bits per heavy atom. The molecule has 0 aromatic heterocycles. The lowest BCUT2D eigenvalue weighted by Gasteiger charge is -2.27. The van der Waals surface area contributed by atoms with Gasteiger partial charge in [-0.15, -0.1) is 0 Å². The van der Waals surface area contributed by atoms with Gasteiger partial charge >= 0.3 is 5.97 Å². The molecule has 3 rings (SSSR count). The van der Waals surface area contributed by atoms with E-state index in [4.69, 9.17) is 14.2 Å². The molecule has 0 amide bonds. The van der Waals surface area contributed by atoms with Gasteiger partial charge in [-0.3, -0.25) is 0 Å². The van der Waals surface area contributed by atoms with E-state index in [1.807, 2.05) is 62.4 Å². The fourth-order valence-corrected chi connectivity index (χ4v) is 3.33. The van der Waals surface area contributed by atoms with Crippen LogP contribution in [0.2, 0.25) is 0 Å². The molecule has 0 unspecified atom stereocenters. The normalized spacial score (nSPS) is 11.1. The summed E-state index contributed by atoms with van der Waals surface area (Å²) in [6.45, 7) is 4.66. The summed E-state index contributed by atoms with van der Waals surface area (Å²) >= 11 is 0. The predicted octanol–water partition coefficient (Wildman–Crippen LogP) is 4.88. The molecule has 0 fully saturated rings. The summed E-state index contributed by atoms with van der Waals surface area (Å²) in [5, 5.41) is 19.7. The molecule has 3 aromatic carbocycles. The minimum atomic E-state index is -1.16. The molecular formula is C25H26O6. The maximum Gasteiger partial charge on any atom is 0.339 e. The quantitative estimate of drug-likeness (QED) is 0.478. The molecule has 0 atom stereocenters. The molecule has 0 saturated heterocycles. The molecule has 0 radical (unpaired) electrons. The number of ether oxygens (including phenoxy) is 3. The number of carbonyl (C=O) groups is 1. The second kappa shape index (κ2) is 9.43. The second-order valence-corrected chi connectivity index (χ2v) is 7.53. The third kappa shape index (κ3) is 5.09. The lowest BCUT2D eigenvalue weighted by atomic mass is 9.77. The number of hydrogen-bond acceptors (Lipinski definition) is 5. The summed E-state index contributed by atoms with van der Waals surface area (Å²) in [6, 6.07) is 19.6. The van der Waals surface area contributed by atoms with Gasteiger partial charge in [0.25, 0.3) is 0 Å². The van der Waals surface area contributed by atoms with Crippen LogP contribution in [0.25, 0.3) is 0 Å². The molecule has 0 bridgehead atoms. The van der Waals surface area contributed by atoms with Crippen LogP contribution in [0.5, 0.6) is 23.0 Å². The lowest BCUT2D eigenvalue weighted by molar-refractivity contribution is 0.0693. The number of phenols is 1. The zero-order valence-electron chi connectivity index (χ0n) is 17.8. The van der Waals surface area contributed by atoms with E-state index in [-0.39, 0.29) is 11.3 Å². The monoisotopic (exact) mass is 422 g/mol. The van der Waals surface area contributed by atoms with Gasteiger partial charge in [-0.05, 0) is 48.0 Å². The minimum Gasteiger partial charge on any atom is -0.507 e. The number of carboxylic acids is 1. The molecular weight excluding hydrogens is 396 g/mol. The van der Waals surface area contributed by atoms with Crippen LogP contribution in [0.4, 0.5) is 0 Å². The third-order valence-corrected chi connectivity index (χ3v) is 5.20. The van der Waals surface area contributed by atoms with E-state index in [0.29, 0.717) is 24.5 Å². The summed E-state index contributed by atoms with van der Waals surface area (Å²) in [7, 11) is 1.62. The molecule has 0 aliphatic carbocycles. The lowest BCUT2D eigenvalue weighted by Crippen LogP contribution is -2.20. The van der Waals surface area contributed by atoms with E-state index in [0.717, 1.165) is 17.1 Å². The van der Waals surface area contributed by atoms with Crippen molar-refractivity contribution in [2.75, 3.05) is 20.3 Å². The van der Waals surface area contributed by atoms with Crippen molar-refractivity contribution in [1.29, 1.82) is 0 Å². The zero-order chi connectivity index (χ0) is 22.4. The van der Waals surface area contributed by atoms with E-state index in [9.17, 15) is 15.0 Å². The highest BCUT2D eigenvalue weighted by atomic mass is 16.5. The fourth-order valence-electron chi connectivity index (χ4n) is 3.33. The van der Waals surface area contributed by atoms with Crippen molar-refractivity contribution >= 4 is 5.97 Å². The van der Waals surface area contributed by atoms with Crippen molar-refractivity contribution in [3.63, 3.8) is 0 Å². The number of methoxy groups -OCH3 is 1. The van der Waals surface area contributed by atoms with Crippen LogP contribution in [0.15, 0.2) is 66.7 Å². The van der Waals surface area contributed by atoms with Gasteiger partial charge in [-0.25, -0.2) is 4.79 Å². The summed E-state index contributed by atoms with van der Waals surface area (Å²) in [5.41, 5.74) is 0.773. The number of carboxylic acid groups (broad SMARTS) is 1. The van der Waals surface area contributed by atoms with Crippen LogP contribution in [0.1, 0.15) is 35.3 Å². The summed E-state index contributed by atoms with van der Waals surface area (Å²) < 4.78 is 16.5. The number of para-hydroxylation sites is 1. The molecule has 2 N–H and O–H groups in total.